The number of pyridine rings is 1. The molecule has 19 heteroatoms. The van der Waals surface area contributed by atoms with E-state index in [1.807, 2.05) is 7.05 Å². The minimum atomic E-state index is -4.77. The molecule has 0 bridgehead atoms. The number of nitrogens with zero attached hydrogens (tertiary/aromatic N) is 5. The lowest BCUT2D eigenvalue weighted by atomic mass is 9.59. The van der Waals surface area contributed by atoms with Crippen LogP contribution in [0.15, 0.2) is 71.8 Å². The first-order chi connectivity index (χ1) is 35.9. The summed E-state index contributed by atoms with van der Waals surface area (Å²) in [7, 11) is -2.73. The van der Waals surface area contributed by atoms with Gasteiger partial charge >= 0.3 is 0 Å². The molecule has 2 aromatic heterocycles. The smallest absolute Gasteiger partial charge is 0.297 e. The Morgan fingerprint density at radius 2 is 1.72 bits per heavy atom. The zero-order chi connectivity index (χ0) is 52.4. The largest absolute Gasteiger partial charge is 0.489 e. The average Bonchev–Trinajstić information content (AvgIpc) is 4.02. The molecule has 2 aliphatic carbocycles. The van der Waals surface area contributed by atoms with Crippen LogP contribution in [0.4, 0.5) is 21.5 Å². The number of likely N-dealkylation sites (tertiary alicyclic amines) is 2. The fourth-order valence-electron chi connectivity index (χ4n) is 12.9. The van der Waals surface area contributed by atoms with Crippen LogP contribution in [-0.4, -0.2) is 114 Å². The number of nitro groups is 1. The van der Waals surface area contributed by atoms with Crippen LogP contribution >= 0.6 is 0 Å². The first-order valence-electron chi connectivity index (χ1n) is 26.9. The van der Waals surface area contributed by atoms with Crippen LogP contribution in [0.25, 0.3) is 11.0 Å². The average molecular weight is 1050 g/mol. The molecule has 11 rings (SSSR count). The van der Waals surface area contributed by atoms with Crippen molar-refractivity contribution in [1.82, 2.24) is 24.5 Å². The number of sulfonamides is 1. The Labute approximate surface area is 437 Å². The number of fused-ring (bicyclic) bond motifs is 2. The first kappa shape index (κ1) is 51.1. The summed E-state index contributed by atoms with van der Waals surface area (Å²) in [5.74, 6) is -1.01. The zero-order valence-corrected chi connectivity index (χ0v) is 44.1. The van der Waals surface area contributed by atoms with Gasteiger partial charge in [0.2, 0.25) is 0 Å². The highest BCUT2D eigenvalue weighted by Crippen LogP contribution is 2.55. The SMILES string of the molecule is CC(C)c1ccccc1[C@@H]1CCCN1C1CC2(CCN(c3ccc(C(=O)NS(=O)(=O)c4cc5c(c([N+](=O)[O-])c4)N[C@@H]([C@H]4CC[C@](C)(O)CC4)CO5)c(Oc4cc5c(F)c[nH]c5nc4OC4CCN(C)CC4)c3)CC2)C1. The van der Waals surface area contributed by atoms with Crippen molar-refractivity contribution in [3.8, 4) is 23.1 Å². The summed E-state index contributed by atoms with van der Waals surface area (Å²) in [6.45, 7) is 10.7. The molecular weight excluding hydrogens is 980 g/mol. The Hall–Kier alpha value is -6.02. The number of hydrogen-bond acceptors (Lipinski definition) is 14. The minimum absolute atomic E-state index is 0.0181. The molecule has 3 saturated heterocycles. The standard InChI is InChI=1S/C56H69FN8O9S/c1-34(2)40-8-5-6-9-41(40)46-10-7-21-64(46)37-30-56(31-37)19-24-63(25-20-56)36-11-12-42(48(26-36)74-50-29-43-44(57)32-58-52(43)60-54(50)73-38-15-22-62(4)23-16-38)53(66)61-75(70,71)39-27-47(65(68)69)51-49(28-39)72-33-45(59-51)35-13-17-55(3,67)18-14-35/h5-6,8-9,11-12,26-29,32,34-35,37-38,45-46,59,67H,7,10,13-25,30-31,33H2,1-4H3,(H,58,60)(H,61,66)/t35-,45-,46+,55-/m1/s1. The molecule has 5 aromatic rings. The van der Waals surface area contributed by atoms with Crippen LogP contribution in [0.1, 0.15) is 131 Å². The van der Waals surface area contributed by atoms with E-state index in [-0.39, 0.29) is 75.5 Å². The molecule has 0 radical (unpaired) electrons. The Morgan fingerprint density at radius 3 is 2.45 bits per heavy atom. The normalized spacial score (nSPS) is 24.6. The van der Waals surface area contributed by atoms with Crippen LogP contribution in [0.2, 0.25) is 0 Å². The van der Waals surface area contributed by atoms with Crippen molar-refractivity contribution in [2.75, 3.05) is 56.6 Å². The number of halogens is 1. The number of carbonyl (C=O) groups excluding carboxylic acids is 1. The number of rotatable bonds is 13. The van der Waals surface area contributed by atoms with E-state index in [4.69, 9.17) is 14.2 Å². The van der Waals surface area contributed by atoms with Gasteiger partial charge in [0.15, 0.2) is 17.2 Å². The molecule has 0 unspecified atom stereocenters. The summed E-state index contributed by atoms with van der Waals surface area (Å²) >= 11 is 0. The highest BCUT2D eigenvalue weighted by molar-refractivity contribution is 7.90. The fourth-order valence-corrected chi connectivity index (χ4v) is 13.9. The van der Waals surface area contributed by atoms with E-state index in [1.54, 1.807) is 19.1 Å². The lowest BCUT2D eigenvalue weighted by molar-refractivity contribution is -0.384. The van der Waals surface area contributed by atoms with Gasteiger partial charge in [0.25, 0.3) is 27.5 Å². The van der Waals surface area contributed by atoms with Crippen molar-refractivity contribution in [2.45, 2.75) is 138 Å². The van der Waals surface area contributed by atoms with Gasteiger partial charge in [-0.1, -0.05) is 38.1 Å². The van der Waals surface area contributed by atoms with E-state index in [2.05, 4.69) is 72.8 Å². The molecule has 6 aliphatic rings. The topological polar surface area (TPSA) is 205 Å². The number of ether oxygens (including phenoxy) is 3. The number of nitrogens with one attached hydrogen (secondary N) is 3. The molecular formula is C56H69FN8O9S. The molecule has 6 heterocycles. The first-order valence-corrected chi connectivity index (χ1v) is 28.4. The maximum atomic E-state index is 15.2. The number of benzene rings is 3. The molecule has 1 spiro atoms. The molecule has 3 aromatic carbocycles. The van der Waals surface area contributed by atoms with Crippen LogP contribution in [0.3, 0.4) is 0 Å². The second-order valence-corrected chi connectivity index (χ2v) is 24.5. The molecule has 17 nitrogen and oxygen atoms in total. The van der Waals surface area contributed by atoms with E-state index >= 15 is 4.39 Å². The number of aliphatic hydroxyl groups is 1. The predicted molar refractivity (Wildman–Crippen MR) is 283 cm³/mol. The lowest BCUT2D eigenvalue weighted by Gasteiger charge is -2.56. The number of aromatic nitrogens is 2. The number of carbonyl (C=O) groups is 1. The summed E-state index contributed by atoms with van der Waals surface area (Å²) in [6.07, 6.45) is 11.6. The summed E-state index contributed by atoms with van der Waals surface area (Å²) in [4.78, 5) is 40.5. The van der Waals surface area contributed by atoms with Gasteiger partial charge in [-0.25, -0.2) is 17.5 Å². The second-order valence-electron chi connectivity index (χ2n) is 22.9. The minimum Gasteiger partial charge on any atom is -0.489 e. The number of nitro benzene ring substituents is 1. The summed E-state index contributed by atoms with van der Waals surface area (Å²) < 4.78 is 65.0. The third-order valence-corrected chi connectivity index (χ3v) is 18.7. The van der Waals surface area contributed by atoms with Crippen molar-refractivity contribution in [2.24, 2.45) is 11.3 Å². The van der Waals surface area contributed by atoms with Crippen LogP contribution in [0, 0.1) is 27.3 Å². The van der Waals surface area contributed by atoms with E-state index < -0.39 is 42.9 Å². The second kappa shape index (κ2) is 20.2. The number of aromatic amines is 1. The third-order valence-electron chi connectivity index (χ3n) is 17.4. The third kappa shape index (κ3) is 10.4. The molecule has 4 N–H and O–H groups in total. The molecule has 1 amide bonds. The number of amides is 1. The maximum Gasteiger partial charge on any atom is 0.297 e. The van der Waals surface area contributed by atoms with Crippen LogP contribution in [0.5, 0.6) is 23.1 Å². The number of piperidine rings is 2. The van der Waals surface area contributed by atoms with E-state index in [0.29, 0.717) is 56.5 Å². The van der Waals surface area contributed by atoms with Crippen molar-refractivity contribution in [3.63, 3.8) is 0 Å². The number of hydrogen-bond donors (Lipinski definition) is 4. The van der Waals surface area contributed by atoms with Gasteiger partial charge in [0.05, 0.1) is 32.4 Å². The van der Waals surface area contributed by atoms with Gasteiger partial charge in [-0.3, -0.25) is 19.8 Å². The molecule has 2 atom stereocenters. The van der Waals surface area contributed by atoms with E-state index in [0.717, 1.165) is 70.2 Å². The fraction of sp³-hybridized carbons (Fsp3) is 0.536. The highest BCUT2D eigenvalue weighted by atomic mass is 32.2. The molecule has 2 saturated carbocycles. The monoisotopic (exact) mass is 1050 g/mol. The van der Waals surface area contributed by atoms with Crippen molar-refractivity contribution < 1.29 is 41.8 Å². The Bertz CT molecular complexity index is 3080. The van der Waals surface area contributed by atoms with E-state index in [9.17, 15) is 28.4 Å². The zero-order valence-electron chi connectivity index (χ0n) is 43.3. The summed E-state index contributed by atoms with van der Waals surface area (Å²) in [5.41, 5.74) is 2.75. The van der Waals surface area contributed by atoms with Gasteiger partial charge in [0.1, 0.15) is 29.9 Å². The molecule has 75 heavy (non-hydrogen) atoms. The molecule has 4 aliphatic heterocycles. The van der Waals surface area contributed by atoms with Crippen molar-refractivity contribution in [1.29, 1.82) is 0 Å². The van der Waals surface area contributed by atoms with Gasteiger partial charge in [-0.2, -0.15) is 4.98 Å². The number of anilines is 2. The van der Waals surface area contributed by atoms with Gasteiger partial charge < -0.3 is 39.4 Å². The predicted octanol–water partition coefficient (Wildman–Crippen LogP) is 9.82. The molecule has 5 fully saturated rings. The Kier molecular flexibility index (Phi) is 13.7. The van der Waals surface area contributed by atoms with Gasteiger partial charge in [-0.05, 0) is 138 Å². The van der Waals surface area contributed by atoms with E-state index in [1.165, 1.54) is 48.4 Å². The van der Waals surface area contributed by atoms with Gasteiger partial charge in [0, 0.05) is 74.4 Å². The summed E-state index contributed by atoms with van der Waals surface area (Å²) in [5, 5.41) is 26.4. The Morgan fingerprint density at radius 1 is 0.973 bits per heavy atom. The highest BCUT2D eigenvalue weighted by Gasteiger charge is 2.50. The van der Waals surface area contributed by atoms with Gasteiger partial charge in [-0.15, -0.1) is 0 Å². The maximum absolute atomic E-state index is 15.2. The van der Waals surface area contributed by atoms with Crippen molar-refractivity contribution >= 4 is 44.0 Å². The Balaban J connectivity index is 0.856. The van der Waals surface area contributed by atoms with Crippen molar-refractivity contribution in [3.05, 3.63) is 99.5 Å². The quantitative estimate of drug-likeness (QED) is 0.0640. The number of H-pyrrole nitrogens is 1. The lowest BCUT2D eigenvalue weighted by Crippen LogP contribution is -2.54. The summed E-state index contributed by atoms with van der Waals surface area (Å²) in [6, 6.07) is 18.2. The molecule has 400 valence electrons. The van der Waals surface area contributed by atoms with Crippen LogP contribution < -0.4 is 29.1 Å². The van der Waals surface area contributed by atoms with Crippen LogP contribution in [-0.2, 0) is 10.0 Å².